The first kappa shape index (κ1) is 10.1. The van der Waals surface area contributed by atoms with Crippen LogP contribution in [-0.2, 0) is 6.61 Å². The average molecular weight is 228 g/mol. The maximum absolute atomic E-state index is 13.1. The number of benzene rings is 1. The zero-order valence-electron chi connectivity index (χ0n) is 7.56. The lowest BCUT2D eigenvalue weighted by Crippen LogP contribution is -2.00. The van der Waals surface area contributed by atoms with Crippen molar-refractivity contribution in [2.24, 2.45) is 0 Å². The van der Waals surface area contributed by atoms with Gasteiger partial charge in [0.05, 0.1) is 5.69 Å². The van der Waals surface area contributed by atoms with E-state index in [1.54, 1.807) is 6.07 Å². The first-order valence-corrected chi connectivity index (χ1v) is 4.54. The maximum Gasteiger partial charge on any atom is 0.163 e. The highest BCUT2D eigenvalue weighted by Crippen LogP contribution is 2.18. The molecule has 0 unspecified atom stereocenters. The smallest absolute Gasteiger partial charge is 0.163 e. The Morgan fingerprint density at radius 2 is 2.20 bits per heavy atom. The average Bonchev–Trinajstić information content (AvgIpc) is 2.63. The summed E-state index contributed by atoms with van der Waals surface area (Å²) in [5, 5.41) is 16.5. The molecule has 6 heteroatoms. The van der Waals surface area contributed by atoms with Crippen LogP contribution in [0.25, 0.3) is 5.69 Å². The second-order valence-corrected chi connectivity index (χ2v) is 3.34. The number of aliphatic hydroxyl groups excluding tert-OH is 1. The summed E-state index contributed by atoms with van der Waals surface area (Å²) in [7, 11) is 0. The van der Waals surface area contributed by atoms with Crippen molar-refractivity contribution in [2.75, 3.05) is 0 Å². The molecule has 0 aliphatic heterocycles. The summed E-state index contributed by atoms with van der Waals surface area (Å²) in [6, 6.07) is 4.05. The molecule has 1 heterocycles. The van der Waals surface area contributed by atoms with Gasteiger partial charge in [0, 0.05) is 5.02 Å². The van der Waals surface area contributed by atoms with Crippen molar-refractivity contribution < 1.29 is 9.50 Å². The number of hydrogen-bond donors (Lipinski definition) is 1. The molecule has 0 amide bonds. The fourth-order valence-electron chi connectivity index (χ4n) is 1.26. The summed E-state index contributed by atoms with van der Waals surface area (Å²) in [5.74, 6) is -0.119. The van der Waals surface area contributed by atoms with Crippen molar-refractivity contribution in [3.63, 3.8) is 0 Å². The normalized spacial score (nSPS) is 10.6. The minimum absolute atomic E-state index is 0.270. The molecule has 0 saturated carbocycles. The van der Waals surface area contributed by atoms with Gasteiger partial charge < -0.3 is 5.11 Å². The van der Waals surface area contributed by atoms with Gasteiger partial charge in [-0.3, -0.25) is 4.57 Å². The van der Waals surface area contributed by atoms with E-state index in [-0.39, 0.29) is 11.6 Å². The summed E-state index contributed by atoms with van der Waals surface area (Å²) in [4.78, 5) is 0. The third-order valence-electron chi connectivity index (χ3n) is 1.89. The van der Waals surface area contributed by atoms with E-state index in [0.717, 1.165) is 0 Å². The summed E-state index contributed by atoms with van der Waals surface area (Å²) in [6.07, 6.45) is 1.39. The van der Waals surface area contributed by atoms with Crippen molar-refractivity contribution in [3.05, 3.63) is 41.2 Å². The molecule has 1 N–H and O–H groups in total. The Hall–Kier alpha value is -1.46. The standard InChI is InChI=1S/C9H7ClFN3O/c10-6-1-7(11)3-8(2-6)14-5-12-13-9(14)4-15/h1-3,5,15H,4H2. The van der Waals surface area contributed by atoms with Crippen LogP contribution in [0.15, 0.2) is 24.5 Å². The van der Waals surface area contributed by atoms with E-state index in [4.69, 9.17) is 16.7 Å². The van der Waals surface area contributed by atoms with E-state index in [1.165, 1.54) is 23.0 Å². The van der Waals surface area contributed by atoms with Gasteiger partial charge in [-0.2, -0.15) is 0 Å². The molecule has 1 aromatic carbocycles. The predicted molar refractivity (Wildman–Crippen MR) is 52.2 cm³/mol. The fraction of sp³-hybridized carbons (Fsp3) is 0.111. The number of aliphatic hydroxyl groups is 1. The maximum atomic E-state index is 13.1. The third-order valence-corrected chi connectivity index (χ3v) is 2.10. The number of halogens is 2. The van der Waals surface area contributed by atoms with Gasteiger partial charge in [-0.05, 0) is 18.2 Å². The van der Waals surface area contributed by atoms with E-state index in [0.29, 0.717) is 11.5 Å². The van der Waals surface area contributed by atoms with Crippen LogP contribution in [-0.4, -0.2) is 19.9 Å². The Morgan fingerprint density at radius 1 is 1.40 bits per heavy atom. The van der Waals surface area contributed by atoms with Crippen molar-refractivity contribution >= 4 is 11.6 Å². The highest BCUT2D eigenvalue weighted by molar-refractivity contribution is 6.30. The van der Waals surface area contributed by atoms with Crippen LogP contribution in [0.4, 0.5) is 4.39 Å². The Labute approximate surface area is 89.9 Å². The van der Waals surface area contributed by atoms with E-state index < -0.39 is 5.82 Å². The Morgan fingerprint density at radius 3 is 2.87 bits per heavy atom. The molecule has 0 aliphatic rings. The Bertz CT molecular complexity index is 466. The largest absolute Gasteiger partial charge is 0.388 e. The number of nitrogens with zero attached hydrogens (tertiary/aromatic N) is 3. The molecule has 0 saturated heterocycles. The zero-order valence-corrected chi connectivity index (χ0v) is 8.32. The van der Waals surface area contributed by atoms with E-state index in [9.17, 15) is 4.39 Å². The molecular formula is C9H7ClFN3O. The molecule has 2 aromatic rings. The van der Waals surface area contributed by atoms with Gasteiger partial charge in [0.1, 0.15) is 18.8 Å². The van der Waals surface area contributed by atoms with E-state index in [1.807, 2.05) is 0 Å². The lowest BCUT2D eigenvalue weighted by Gasteiger charge is -2.05. The first-order chi connectivity index (χ1) is 7.20. The van der Waals surface area contributed by atoms with Crippen LogP contribution in [0, 0.1) is 5.82 Å². The van der Waals surface area contributed by atoms with Gasteiger partial charge >= 0.3 is 0 Å². The highest BCUT2D eigenvalue weighted by atomic mass is 35.5. The first-order valence-electron chi connectivity index (χ1n) is 4.17. The molecule has 4 nitrogen and oxygen atoms in total. The number of rotatable bonds is 2. The second-order valence-electron chi connectivity index (χ2n) is 2.90. The van der Waals surface area contributed by atoms with Gasteiger partial charge in [0.15, 0.2) is 5.82 Å². The van der Waals surface area contributed by atoms with Crippen molar-refractivity contribution in [1.29, 1.82) is 0 Å². The molecular weight excluding hydrogens is 221 g/mol. The monoisotopic (exact) mass is 227 g/mol. The molecule has 0 aliphatic carbocycles. The molecule has 2 rings (SSSR count). The van der Waals surface area contributed by atoms with Crippen LogP contribution in [0.3, 0.4) is 0 Å². The van der Waals surface area contributed by atoms with Crippen LogP contribution >= 0.6 is 11.6 Å². The van der Waals surface area contributed by atoms with E-state index in [2.05, 4.69) is 10.2 Å². The van der Waals surface area contributed by atoms with Crippen molar-refractivity contribution in [2.45, 2.75) is 6.61 Å². The Balaban J connectivity index is 2.53. The summed E-state index contributed by atoms with van der Waals surface area (Å²) in [6.45, 7) is -0.270. The SMILES string of the molecule is OCc1nncn1-c1cc(F)cc(Cl)c1. The van der Waals surface area contributed by atoms with Crippen LogP contribution < -0.4 is 0 Å². The molecule has 0 radical (unpaired) electrons. The van der Waals surface area contributed by atoms with Crippen molar-refractivity contribution in [1.82, 2.24) is 14.8 Å². The second kappa shape index (κ2) is 3.96. The van der Waals surface area contributed by atoms with Crippen LogP contribution in [0.2, 0.25) is 5.02 Å². The van der Waals surface area contributed by atoms with Gasteiger partial charge in [0.2, 0.25) is 0 Å². The molecule has 0 bridgehead atoms. The molecule has 0 fully saturated rings. The molecule has 0 atom stereocenters. The molecule has 15 heavy (non-hydrogen) atoms. The van der Waals surface area contributed by atoms with Crippen molar-refractivity contribution in [3.8, 4) is 5.69 Å². The number of hydrogen-bond acceptors (Lipinski definition) is 3. The van der Waals surface area contributed by atoms with Gasteiger partial charge in [-0.25, -0.2) is 4.39 Å². The van der Waals surface area contributed by atoms with Gasteiger partial charge in [0.25, 0.3) is 0 Å². The summed E-state index contributed by atoms with van der Waals surface area (Å²) < 4.78 is 14.5. The fourth-order valence-corrected chi connectivity index (χ4v) is 1.48. The molecule has 78 valence electrons. The highest BCUT2D eigenvalue weighted by Gasteiger charge is 2.06. The summed E-state index contributed by atoms with van der Waals surface area (Å²) >= 11 is 5.71. The quantitative estimate of drug-likeness (QED) is 0.847. The third kappa shape index (κ3) is 1.98. The zero-order chi connectivity index (χ0) is 10.8. The molecule has 1 aromatic heterocycles. The van der Waals surface area contributed by atoms with Crippen LogP contribution in [0.1, 0.15) is 5.82 Å². The van der Waals surface area contributed by atoms with Crippen LogP contribution in [0.5, 0.6) is 0 Å². The molecule has 0 spiro atoms. The van der Waals surface area contributed by atoms with Gasteiger partial charge in [-0.15, -0.1) is 10.2 Å². The lowest BCUT2D eigenvalue weighted by molar-refractivity contribution is 0.269. The predicted octanol–water partition coefficient (Wildman–Crippen LogP) is 1.55. The minimum Gasteiger partial charge on any atom is -0.388 e. The number of aromatic nitrogens is 3. The topological polar surface area (TPSA) is 50.9 Å². The minimum atomic E-state index is -0.449. The van der Waals surface area contributed by atoms with Gasteiger partial charge in [-0.1, -0.05) is 11.6 Å². The summed E-state index contributed by atoms with van der Waals surface area (Å²) in [5.41, 5.74) is 0.481. The Kier molecular flexibility index (Phi) is 2.66. The lowest BCUT2D eigenvalue weighted by atomic mass is 10.3. The van der Waals surface area contributed by atoms with E-state index >= 15 is 0 Å².